The Morgan fingerprint density at radius 2 is 2.17 bits per heavy atom. The topological polar surface area (TPSA) is 51.5 Å². The molecule has 0 spiro atoms. The maximum Gasteiger partial charge on any atom is 0.220 e. The summed E-state index contributed by atoms with van der Waals surface area (Å²) in [6.45, 7) is 2.74. The zero-order valence-corrected chi connectivity index (χ0v) is 13.8. The van der Waals surface area contributed by atoms with E-state index in [4.69, 9.17) is 9.15 Å². The zero-order chi connectivity index (χ0) is 16.9. The number of halogens is 1. The quantitative estimate of drug-likeness (QED) is 0.878. The molecule has 5 heteroatoms. The summed E-state index contributed by atoms with van der Waals surface area (Å²) in [5.41, 5.74) is 0.431. The van der Waals surface area contributed by atoms with Crippen molar-refractivity contribution in [2.45, 2.75) is 44.8 Å². The van der Waals surface area contributed by atoms with Gasteiger partial charge >= 0.3 is 0 Å². The van der Waals surface area contributed by atoms with Crippen LogP contribution in [0.15, 0.2) is 40.8 Å². The molecule has 0 radical (unpaired) electrons. The molecule has 1 aliphatic rings. The minimum absolute atomic E-state index is 0.0191. The number of furan rings is 1. The predicted octanol–water partition coefficient (Wildman–Crippen LogP) is 3.70. The first-order valence-electron chi connectivity index (χ1n) is 8.38. The van der Waals surface area contributed by atoms with E-state index in [2.05, 4.69) is 5.32 Å². The lowest BCUT2D eigenvalue weighted by atomic mass is 10.1. The van der Waals surface area contributed by atoms with Crippen LogP contribution in [0.3, 0.4) is 0 Å². The van der Waals surface area contributed by atoms with Gasteiger partial charge in [0.1, 0.15) is 17.3 Å². The van der Waals surface area contributed by atoms with Gasteiger partial charge in [0.15, 0.2) is 0 Å². The van der Waals surface area contributed by atoms with Crippen molar-refractivity contribution in [1.82, 2.24) is 5.32 Å². The fourth-order valence-electron chi connectivity index (χ4n) is 2.97. The highest BCUT2D eigenvalue weighted by Gasteiger charge is 2.23. The highest BCUT2D eigenvalue weighted by atomic mass is 19.1. The summed E-state index contributed by atoms with van der Waals surface area (Å²) in [6.07, 6.45) is 2.98. The molecule has 2 aromatic rings. The summed E-state index contributed by atoms with van der Waals surface area (Å²) < 4.78 is 25.0. The SMILES string of the molecule is CC(NC(=O)CCc1ccc(-c2ccccc2F)o1)C1CCCO1. The van der Waals surface area contributed by atoms with Gasteiger partial charge in [-0.05, 0) is 44.0 Å². The smallest absolute Gasteiger partial charge is 0.220 e. The second-order valence-corrected chi connectivity index (χ2v) is 6.15. The second-order valence-electron chi connectivity index (χ2n) is 6.15. The standard InChI is InChI=1S/C19H22FNO3/c1-13(17-7-4-12-23-17)21-19(22)11-9-14-8-10-18(24-14)15-5-2-3-6-16(15)20/h2-3,5-6,8,10,13,17H,4,7,9,11-12H2,1H3,(H,21,22). The number of amides is 1. The van der Waals surface area contributed by atoms with Crippen LogP contribution in [0.25, 0.3) is 11.3 Å². The average molecular weight is 331 g/mol. The molecule has 0 saturated carbocycles. The third-order valence-electron chi connectivity index (χ3n) is 4.31. The van der Waals surface area contributed by atoms with Crippen molar-refractivity contribution < 1.29 is 18.3 Å². The van der Waals surface area contributed by atoms with Gasteiger partial charge < -0.3 is 14.5 Å². The fraction of sp³-hybridized carbons (Fsp3) is 0.421. The van der Waals surface area contributed by atoms with Crippen LogP contribution in [0.1, 0.15) is 31.9 Å². The Morgan fingerprint density at radius 1 is 1.33 bits per heavy atom. The molecule has 1 N–H and O–H groups in total. The molecule has 4 nitrogen and oxygen atoms in total. The van der Waals surface area contributed by atoms with Gasteiger partial charge in [-0.3, -0.25) is 4.79 Å². The lowest BCUT2D eigenvalue weighted by Gasteiger charge is -2.19. The van der Waals surface area contributed by atoms with Crippen molar-refractivity contribution in [1.29, 1.82) is 0 Å². The van der Waals surface area contributed by atoms with Gasteiger partial charge in [-0.2, -0.15) is 0 Å². The average Bonchev–Trinajstić information content (AvgIpc) is 3.25. The van der Waals surface area contributed by atoms with Gasteiger partial charge in [0, 0.05) is 19.4 Å². The molecule has 1 aromatic heterocycles. The highest BCUT2D eigenvalue weighted by molar-refractivity contribution is 5.76. The molecular weight excluding hydrogens is 309 g/mol. The molecule has 1 aliphatic heterocycles. The van der Waals surface area contributed by atoms with Crippen LogP contribution in [0.5, 0.6) is 0 Å². The lowest BCUT2D eigenvalue weighted by Crippen LogP contribution is -2.40. The monoisotopic (exact) mass is 331 g/mol. The van der Waals surface area contributed by atoms with E-state index < -0.39 is 0 Å². The number of carbonyl (C=O) groups is 1. The predicted molar refractivity (Wildman–Crippen MR) is 89.0 cm³/mol. The van der Waals surface area contributed by atoms with Crippen LogP contribution in [0.2, 0.25) is 0 Å². The number of carbonyl (C=O) groups excluding carboxylic acids is 1. The van der Waals surface area contributed by atoms with E-state index >= 15 is 0 Å². The summed E-state index contributed by atoms with van der Waals surface area (Å²) in [6, 6.07) is 10.0. The molecule has 3 rings (SSSR count). The van der Waals surface area contributed by atoms with Crippen LogP contribution in [-0.4, -0.2) is 24.7 Å². The highest BCUT2D eigenvalue weighted by Crippen LogP contribution is 2.25. The third kappa shape index (κ3) is 4.03. The van der Waals surface area contributed by atoms with E-state index in [0.29, 0.717) is 29.9 Å². The molecular formula is C19H22FNO3. The van der Waals surface area contributed by atoms with Crippen LogP contribution in [0, 0.1) is 5.82 Å². The molecule has 2 unspecified atom stereocenters. The summed E-state index contributed by atoms with van der Waals surface area (Å²) in [4.78, 5) is 12.0. The van der Waals surface area contributed by atoms with Gasteiger partial charge in [0.2, 0.25) is 5.91 Å². The van der Waals surface area contributed by atoms with E-state index in [1.807, 2.05) is 6.92 Å². The van der Waals surface area contributed by atoms with E-state index in [0.717, 1.165) is 19.4 Å². The van der Waals surface area contributed by atoms with Crippen molar-refractivity contribution in [3.8, 4) is 11.3 Å². The first-order valence-corrected chi connectivity index (χ1v) is 8.38. The van der Waals surface area contributed by atoms with Crippen molar-refractivity contribution >= 4 is 5.91 Å². The first-order chi connectivity index (χ1) is 11.6. The summed E-state index contributed by atoms with van der Waals surface area (Å²) in [5, 5.41) is 2.97. The van der Waals surface area contributed by atoms with Crippen LogP contribution in [-0.2, 0) is 16.0 Å². The van der Waals surface area contributed by atoms with Crippen molar-refractivity contribution in [3.63, 3.8) is 0 Å². The molecule has 0 bridgehead atoms. The summed E-state index contributed by atoms with van der Waals surface area (Å²) in [7, 11) is 0. The normalized spacial score (nSPS) is 18.5. The van der Waals surface area contributed by atoms with E-state index in [-0.39, 0.29) is 23.9 Å². The van der Waals surface area contributed by atoms with E-state index in [1.165, 1.54) is 6.07 Å². The Labute approximate surface area is 141 Å². The third-order valence-corrected chi connectivity index (χ3v) is 4.31. The number of aryl methyl sites for hydroxylation is 1. The lowest BCUT2D eigenvalue weighted by molar-refractivity contribution is -0.122. The Balaban J connectivity index is 1.52. The van der Waals surface area contributed by atoms with Crippen molar-refractivity contribution in [2.75, 3.05) is 6.61 Å². The first kappa shape index (κ1) is 16.7. The van der Waals surface area contributed by atoms with Crippen LogP contribution < -0.4 is 5.32 Å². The fourth-order valence-corrected chi connectivity index (χ4v) is 2.97. The maximum atomic E-state index is 13.8. The largest absolute Gasteiger partial charge is 0.461 e. The number of hydrogen-bond acceptors (Lipinski definition) is 3. The molecule has 1 saturated heterocycles. The molecule has 1 aromatic carbocycles. The maximum absolute atomic E-state index is 13.8. The Bertz CT molecular complexity index is 691. The minimum Gasteiger partial charge on any atom is -0.461 e. The van der Waals surface area contributed by atoms with Crippen LogP contribution in [0.4, 0.5) is 4.39 Å². The molecule has 1 amide bonds. The van der Waals surface area contributed by atoms with E-state index in [9.17, 15) is 9.18 Å². The van der Waals surface area contributed by atoms with Gasteiger partial charge in [0.05, 0.1) is 17.7 Å². The number of ether oxygens (including phenoxy) is 1. The number of nitrogens with one attached hydrogen (secondary N) is 1. The van der Waals surface area contributed by atoms with Crippen LogP contribution >= 0.6 is 0 Å². The summed E-state index contributed by atoms with van der Waals surface area (Å²) in [5.74, 6) is 0.813. The molecule has 0 aliphatic carbocycles. The number of rotatable bonds is 6. The van der Waals surface area contributed by atoms with Gasteiger partial charge in [-0.1, -0.05) is 12.1 Å². The van der Waals surface area contributed by atoms with E-state index in [1.54, 1.807) is 30.3 Å². The second kappa shape index (κ2) is 7.62. The van der Waals surface area contributed by atoms with Crippen molar-refractivity contribution in [3.05, 3.63) is 48.0 Å². The molecule has 1 fully saturated rings. The Hall–Kier alpha value is -2.14. The van der Waals surface area contributed by atoms with Gasteiger partial charge in [0.25, 0.3) is 0 Å². The minimum atomic E-state index is -0.318. The van der Waals surface area contributed by atoms with Crippen molar-refractivity contribution in [2.24, 2.45) is 0 Å². The molecule has 128 valence electrons. The van der Waals surface area contributed by atoms with Gasteiger partial charge in [-0.15, -0.1) is 0 Å². The van der Waals surface area contributed by atoms with Gasteiger partial charge in [-0.25, -0.2) is 4.39 Å². The molecule has 2 heterocycles. The Morgan fingerprint density at radius 3 is 2.92 bits per heavy atom. The zero-order valence-electron chi connectivity index (χ0n) is 13.8. The number of benzene rings is 1. The summed E-state index contributed by atoms with van der Waals surface area (Å²) >= 11 is 0. The molecule has 2 atom stereocenters. The number of hydrogen-bond donors (Lipinski definition) is 1. The molecule has 24 heavy (non-hydrogen) atoms. The Kier molecular flexibility index (Phi) is 5.30.